The lowest BCUT2D eigenvalue weighted by Gasteiger charge is -2.12. The number of rotatable bonds is 6. The van der Waals surface area contributed by atoms with E-state index in [9.17, 15) is 10.1 Å². The van der Waals surface area contributed by atoms with Gasteiger partial charge in [0.1, 0.15) is 0 Å². The molecule has 0 aliphatic rings. The van der Waals surface area contributed by atoms with Gasteiger partial charge in [-0.2, -0.15) is 0 Å². The van der Waals surface area contributed by atoms with Crippen LogP contribution in [-0.4, -0.2) is 16.5 Å². The van der Waals surface area contributed by atoms with Gasteiger partial charge in [-0.3, -0.25) is 10.1 Å². The zero-order valence-electron chi connectivity index (χ0n) is 12.4. The molecule has 1 aromatic heterocycles. The molecule has 0 saturated carbocycles. The molecule has 1 heterocycles. The van der Waals surface area contributed by atoms with Gasteiger partial charge in [0, 0.05) is 29.1 Å². The maximum Gasteiger partial charge on any atom is 0.272 e. The number of nitro groups is 1. The summed E-state index contributed by atoms with van der Waals surface area (Å²) in [5, 5.41) is 15.4. The largest absolute Gasteiger partial charge is 0.309 e. The minimum atomic E-state index is -0.324. The summed E-state index contributed by atoms with van der Waals surface area (Å²) in [6.07, 6.45) is 0.637. The molecule has 112 valence electrons. The first-order valence-electron chi connectivity index (χ1n) is 6.88. The van der Waals surface area contributed by atoms with Crippen LogP contribution in [0.15, 0.2) is 24.3 Å². The highest BCUT2D eigenvalue weighted by Crippen LogP contribution is 2.24. The van der Waals surface area contributed by atoms with E-state index in [-0.39, 0.29) is 16.7 Å². The second-order valence-electron chi connectivity index (χ2n) is 4.99. The monoisotopic (exact) mass is 305 g/mol. The minimum absolute atomic E-state index is 0.191. The molecule has 1 atom stereocenters. The summed E-state index contributed by atoms with van der Waals surface area (Å²) in [5.74, 6) is 0. The first-order chi connectivity index (χ1) is 9.99. The smallest absolute Gasteiger partial charge is 0.272 e. The summed E-state index contributed by atoms with van der Waals surface area (Å²) in [4.78, 5) is 16.3. The lowest BCUT2D eigenvalue weighted by atomic mass is 10.1. The van der Waals surface area contributed by atoms with Crippen molar-refractivity contribution in [1.29, 1.82) is 0 Å². The van der Waals surface area contributed by atoms with Gasteiger partial charge in [-0.1, -0.05) is 18.2 Å². The molecule has 2 rings (SSSR count). The molecule has 0 spiro atoms. The number of hydrogen-bond donors (Lipinski definition) is 1. The number of nitrogens with zero attached hydrogens (tertiary/aromatic N) is 2. The second kappa shape index (κ2) is 6.78. The van der Waals surface area contributed by atoms with Crippen LogP contribution in [-0.2, 0) is 6.42 Å². The van der Waals surface area contributed by atoms with E-state index in [4.69, 9.17) is 0 Å². The molecule has 1 unspecified atom stereocenters. The molecule has 6 heteroatoms. The highest BCUT2D eigenvalue weighted by molar-refractivity contribution is 7.11. The quantitative estimate of drug-likeness (QED) is 0.654. The summed E-state index contributed by atoms with van der Waals surface area (Å²) in [7, 11) is 0. The van der Waals surface area contributed by atoms with Gasteiger partial charge >= 0.3 is 0 Å². The number of thiazole rings is 1. The molecule has 0 saturated heterocycles. The fourth-order valence-corrected chi connectivity index (χ4v) is 3.32. The molecule has 0 aliphatic heterocycles. The van der Waals surface area contributed by atoms with Crippen molar-refractivity contribution in [2.75, 3.05) is 6.54 Å². The topological polar surface area (TPSA) is 68.1 Å². The predicted octanol–water partition coefficient (Wildman–Crippen LogP) is 3.56. The van der Waals surface area contributed by atoms with E-state index in [1.54, 1.807) is 23.5 Å². The number of aryl methyl sites for hydroxylation is 2. The molecular weight excluding hydrogens is 286 g/mol. The van der Waals surface area contributed by atoms with Crippen LogP contribution in [0.1, 0.15) is 34.1 Å². The first-order valence-corrected chi connectivity index (χ1v) is 7.70. The van der Waals surface area contributed by atoms with E-state index in [0.717, 1.165) is 16.3 Å². The fraction of sp³-hybridized carbons (Fsp3) is 0.400. The van der Waals surface area contributed by atoms with E-state index >= 15 is 0 Å². The van der Waals surface area contributed by atoms with Crippen molar-refractivity contribution >= 4 is 17.0 Å². The molecule has 2 aromatic rings. The average Bonchev–Trinajstić information content (AvgIpc) is 2.78. The molecule has 0 fully saturated rings. The van der Waals surface area contributed by atoms with E-state index < -0.39 is 0 Å². The third kappa shape index (κ3) is 3.86. The Kier molecular flexibility index (Phi) is 5.03. The van der Waals surface area contributed by atoms with Crippen LogP contribution >= 0.6 is 11.3 Å². The molecule has 0 bridgehead atoms. The van der Waals surface area contributed by atoms with Gasteiger partial charge in [-0.05, 0) is 27.2 Å². The van der Waals surface area contributed by atoms with Crippen molar-refractivity contribution in [3.05, 3.63) is 55.5 Å². The van der Waals surface area contributed by atoms with E-state index in [0.29, 0.717) is 13.0 Å². The molecule has 0 radical (unpaired) electrons. The van der Waals surface area contributed by atoms with Gasteiger partial charge in [-0.25, -0.2) is 4.98 Å². The number of para-hydroxylation sites is 1. The SMILES string of the molecule is Cc1nc(C)c(C(C)NCCc2ccccc2[N+](=O)[O-])s1. The Hall–Kier alpha value is -1.79. The summed E-state index contributed by atoms with van der Waals surface area (Å²) in [6, 6.07) is 7.10. The highest BCUT2D eigenvalue weighted by Gasteiger charge is 2.14. The van der Waals surface area contributed by atoms with E-state index in [2.05, 4.69) is 17.2 Å². The van der Waals surface area contributed by atoms with Gasteiger partial charge in [0.2, 0.25) is 0 Å². The summed E-state index contributed by atoms with van der Waals surface area (Å²) in [5.41, 5.74) is 2.01. The first kappa shape index (κ1) is 15.6. The Morgan fingerprint density at radius 2 is 2.10 bits per heavy atom. The van der Waals surface area contributed by atoms with Gasteiger partial charge < -0.3 is 5.32 Å². The van der Waals surface area contributed by atoms with Crippen LogP contribution in [0.3, 0.4) is 0 Å². The van der Waals surface area contributed by atoms with Crippen molar-refractivity contribution in [3.8, 4) is 0 Å². The predicted molar refractivity (Wildman–Crippen MR) is 84.8 cm³/mol. The second-order valence-corrected chi connectivity index (χ2v) is 6.23. The van der Waals surface area contributed by atoms with Crippen molar-refractivity contribution < 1.29 is 4.92 Å². The fourth-order valence-electron chi connectivity index (χ4n) is 2.37. The number of nitrogens with one attached hydrogen (secondary N) is 1. The molecular formula is C15H19N3O2S. The lowest BCUT2D eigenvalue weighted by molar-refractivity contribution is -0.385. The van der Waals surface area contributed by atoms with Crippen LogP contribution in [0.5, 0.6) is 0 Å². The van der Waals surface area contributed by atoms with Crippen molar-refractivity contribution in [2.24, 2.45) is 0 Å². The Bertz CT molecular complexity index is 640. The zero-order chi connectivity index (χ0) is 15.4. The molecule has 5 nitrogen and oxygen atoms in total. The summed E-state index contributed by atoms with van der Waals surface area (Å²) >= 11 is 1.69. The zero-order valence-corrected chi connectivity index (χ0v) is 13.2. The molecule has 1 N–H and O–H groups in total. The van der Waals surface area contributed by atoms with Crippen molar-refractivity contribution in [2.45, 2.75) is 33.2 Å². The van der Waals surface area contributed by atoms with Crippen molar-refractivity contribution in [3.63, 3.8) is 0 Å². The minimum Gasteiger partial charge on any atom is -0.309 e. The molecule has 0 aliphatic carbocycles. The Balaban J connectivity index is 1.96. The Morgan fingerprint density at radius 1 is 1.38 bits per heavy atom. The van der Waals surface area contributed by atoms with Gasteiger partial charge in [-0.15, -0.1) is 11.3 Å². The molecule has 21 heavy (non-hydrogen) atoms. The maximum absolute atomic E-state index is 11.0. The highest BCUT2D eigenvalue weighted by atomic mass is 32.1. The molecule has 0 amide bonds. The molecule has 1 aromatic carbocycles. The van der Waals surface area contributed by atoms with Gasteiger partial charge in [0.05, 0.1) is 15.6 Å². The number of nitro benzene ring substituents is 1. The van der Waals surface area contributed by atoms with Crippen LogP contribution in [0.25, 0.3) is 0 Å². The van der Waals surface area contributed by atoms with Crippen LogP contribution in [0.2, 0.25) is 0 Å². The standard InChI is InChI=1S/C15H19N3O2S/c1-10(15-11(2)17-12(3)21-15)16-9-8-13-6-4-5-7-14(13)18(19)20/h4-7,10,16H,8-9H2,1-3H3. The number of benzene rings is 1. The van der Waals surface area contributed by atoms with Crippen LogP contribution in [0.4, 0.5) is 5.69 Å². The third-order valence-electron chi connectivity index (χ3n) is 3.37. The maximum atomic E-state index is 11.0. The Morgan fingerprint density at radius 3 is 2.71 bits per heavy atom. The number of aromatic nitrogens is 1. The lowest BCUT2D eigenvalue weighted by Crippen LogP contribution is -2.21. The Labute approximate surface area is 128 Å². The van der Waals surface area contributed by atoms with Crippen molar-refractivity contribution in [1.82, 2.24) is 10.3 Å². The summed E-state index contributed by atoms with van der Waals surface area (Å²) < 4.78 is 0. The van der Waals surface area contributed by atoms with E-state index in [1.807, 2.05) is 26.0 Å². The average molecular weight is 305 g/mol. The van der Waals surface area contributed by atoms with Gasteiger partial charge in [0.25, 0.3) is 5.69 Å². The number of hydrogen-bond acceptors (Lipinski definition) is 5. The van der Waals surface area contributed by atoms with Crippen LogP contribution < -0.4 is 5.32 Å². The van der Waals surface area contributed by atoms with Gasteiger partial charge in [0.15, 0.2) is 0 Å². The summed E-state index contributed by atoms with van der Waals surface area (Å²) in [6.45, 7) is 6.81. The third-order valence-corrected chi connectivity index (χ3v) is 4.62. The van der Waals surface area contributed by atoms with Crippen LogP contribution in [0, 0.1) is 24.0 Å². The van der Waals surface area contributed by atoms with E-state index in [1.165, 1.54) is 4.88 Å². The normalized spacial score (nSPS) is 12.3.